The normalized spacial score (nSPS) is 13.1. The summed E-state index contributed by atoms with van der Waals surface area (Å²) in [4.78, 5) is 1.99. The molecule has 2 nitrogen and oxygen atoms in total. The number of likely N-dealkylation sites (N-methyl/N-ethyl adjacent to an activating group) is 1. The lowest BCUT2D eigenvalue weighted by atomic mass is 10.2. The average Bonchev–Trinajstić information content (AvgIpc) is 2.24. The Balaban J connectivity index is 2.61. The van der Waals surface area contributed by atoms with E-state index in [1.807, 2.05) is 25.9 Å². The van der Waals surface area contributed by atoms with E-state index in [2.05, 4.69) is 5.32 Å². The van der Waals surface area contributed by atoms with Crippen LogP contribution in [0, 0.1) is 17.5 Å². The summed E-state index contributed by atoms with van der Waals surface area (Å²) < 4.78 is 38.9. The Kier molecular flexibility index (Phi) is 4.96. The number of nitrogens with zero attached hydrogens (tertiary/aromatic N) is 1. The molecule has 0 heterocycles. The van der Waals surface area contributed by atoms with Crippen molar-refractivity contribution in [1.29, 1.82) is 0 Å². The van der Waals surface area contributed by atoms with Crippen LogP contribution in [0.4, 0.5) is 13.2 Å². The van der Waals surface area contributed by atoms with Gasteiger partial charge in [-0.1, -0.05) is 6.07 Å². The molecule has 0 spiro atoms. The fourth-order valence-electron chi connectivity index (χ4n) is 1.60. The van der Waals surface area contributed by atoms with Gasteiger partial charge in [0.25, 0.3) is 0 Å². The van der Waals surface area contributed by atoms with Crippen molar-refractivity contribution in [2.75, 3.05) is 20.6 Å². The molecule has 0 amide bonds. The van der Waals surface area contributed by atoms with Gasteiger partial charge in [-0.05, 0) is 27.1 Å². The molecule has 0 aliphatic heterocycles. The second kappa shape index (κ2) is 6.02. The summed E-state index contributed by atoms with van der Waals surface area (Å²) >= 11 is 0. The van der Waals surface area contributed by atoms with Gasteiger partial charge in [0, 0.05) is 24.7 Å². The van der Waals surface area contributed by atoms with Crippen LogP contribution in [0.25, 0.3) is 0 Å². The van der Waals surface area contributed by atoms with Gasteiger partial charge in [-0.25, -0.2) is 13.2 Å². The molecule has 0 saturated heterocycles. The Hall–Kier alpha value is -1.07. The summed E-state index contributed by atoms with van der Waals surface area (Å²) in [5.41, 5.74) is 0.134. The maximum atomic E-state index is 13.3. The molecule has 1 atom stereocenters. The molecule has 5 heteroatoms. The number of hydrogen-bond donors (Lipinski definition) is 1. The van der Waals surface area contributed by atoms with Crippen LogP contribution >= 0.6 is 0 Å². The number of nitrogens with one attached hydrogen (secondary N) is 1. The molecule has 96 valence electrons. The molecular weight excluding hydrogens is 229 g/mol. The quantitative estimate of drug-likeness (QED) is 0.801. The largest absolute Gasteiger partial charge is 0.309 e. The minimum atomic E-state index is -1.41. The van der Waals surface area contributed by atoms with Crippen LogP contribution in [0.1, 0.15) is 12.5 Å². The van der Waals surface area contributed by atoms with Gasteiger partial charge >= 0.3 is 0 Å². The first kappa shape index (κ1) is 14.0. The zero-order valence-corrected chi connectivity index (χ0v) is 10.2. The van der Waals surface area contributed by atoms with Gasteiger partial charge < -0.3 is 10.2 Å². The summed E-state index contributed by atoms with van der Waals surface area (Å²) in [5.74, 6) is -3.69. The Morgan fingerprint density at radius 3 is 2.41 bits per heavy atom. The van der Waals surface area contributed by atoms with E-state index in [0.717, 1.165) is 12.6 Å². The van der Waals surface area contributed by atoms with Crippen LogP contribution in [0.3, 0.4) is 0 Å². The summed E-state index contributed by atoms with van der Waals surface area (Å²) in [6.45, 7) is 2.90. The van der Waals surface area contributed by atoms with Crippen molar-refractivity contribution in [1.82, 2.24) is 10.2 Å². The first-order valence-electron chi connectivity index (χ1n) is 5.42. The second-order valence-electron chi connectivity index (χ2n) is 4.38. The van der Waals surface area contributed by atoms with E-state index in [1.54, 1.807) is 0 Å². The number of benzene rings is 1. The Morgan fingerprint density at radius 2 is 1.82 bits per heavy atom. The van der Waals surface area contributed by atoms with Gasteiger partial charge in [-0.3, -0.25) is 0 Å². The van der Waals surface area contributed by atoms with E-state index in [9.17, 15) is 13.2 Å². The predicted octanol–water partition coefficient (Wildman–Crippen LogP) is 2.14. The summed E-state index contributed by atoms with van der Waals surface area (Å²) in [5, 5.41) is 3.05. The standard InChI is InChI=1S/C12H17F3N2/c1-8(7-17(2)3)16-6-9-4-5-10(13)12(15)11(9)14/h4-5,8,16H,6-7H2,1-3H3. The van der Waals surface area contributed by atoms with Crippen LogP contribution in [0.2, 0.25) is 0 Å². The molecule has 1 unspecified atom stereocenters. The number of hydrogen-bond acceptors (Lipinski definition) is 2. The third-order valence-electron chi connectivity index (χ3n) is 2.40. The molecule has 1 aromatic carbocycles. The smallest absolute Gasteiger partial charge is 0.194 e. The molecule has 0 radical (unpaired) electrons. The highest BCUT2D eigenvalue weighted by molar-refractivity contribution is 5.20. The van der Waals surface area contributed by atoms with Crippen LogP contribution < -0.4 is 5.32 Å². The number of halogens is 3. The van der Waals surface area contributed by atoms with E-state index in [0.29, 0.717) is 0 Å². The van der Waals surface area contributed by atoms with E-state index in [4.69, 9.17) is 0 Å². The van der Waals surface area contributed by atoms with Crippen molar-refractivity contribution in [2.24, 2.45) is 0 Å². The molecule has 0 aliphatic rings. The Morgan fingerprint density at radius 1 is 1.18 bits per heavy atom. The van der Waals surface area contributed by atoms with E-state index < -0.39 is 17.5 Å². The predicted molar refractivity (Wildman–Crippen MR) is 61.2 cm³/mol. The molecule has 0 aromatic heterocycles. The van der Waals surface area contributed by atoms with Crippen LogP contribution in [-0.4, -0.2) is 31.6 Å². The molecule has 1 aromatic rings. The first-order valence-corrected chi connectivity index (χ1v) is 5.42. The van der Waals surface area contributed by atoms with Gasteiger partial charge in [0.1, 0.15) is 0 Å². The minimum Gasteiger partial charge on any atom is -0.309 e. The van der Waals surface area contributed by atoms with Crippen molar-refractivity contribution in [3.8, 4) is 0 Å². The fourth-order valence-corrected chi connectivity index (χ4v) is 1.60. The van der Waals surface area contributed by atoms with Gasteiger partial charge in [0.15, 0.2) is 17.5 Å². The topological polar surface area (TPSA) is 15.3 Å². The molecule has 0 aliphatic carbocycles. The monoisotopic (exact) mass is 246 g/mol. The average molecular weight is 246 g/mol. The lowest BCUT2D eigenvalue weighted by molar-refractivity contribution is 0.347. The molecule has 0 bridgehead atoms. The maximum Gasteiger partial charge on any atom is 0.194 e. The fraction of sp³-hybridized carbons (Fsp3) is 0.500. The van der Waals surface area contributed by atoms with Crippen molar-refractivity contribution in [2.45, 2.75) is 19.5 Å². The summed E-state index contributed by atoms with van der Waals surface area (Å²) in [6.07, 6.45) is 0. The van der Waals surface area contributed by atoms with Gasteiger partial charge in [-0.2, -0.15) is 0 Å². The highest BCUT2D eigenvalue weighted by Gasteiger charge is 2.13. The van der Waals surface area contributed by atoms with Crippen LogP contribution in [-0.2, 0) is 6.54 Å². The molecule has 0 fully saturated rings. The Labute approximate surface area is 99.4 Å². The molecule has 1 rings (SSSR count). The van der Waals surface area contributed by atoms with Crippen LogP contribution in [0.15, 0.2) is 12.1 Å². The van der Waals surface area contributed by atoms with Gasteiger partial charge in [0.05, 0.1) is 0 Å². The highest BCUT2D eigenvalue weighted by Crippen LogP contribution is 2.14. The molecular formula is C12H17F3N2. The summed E-state index contributed by atoms with van der Waals surface area (Å²) in [6, 6.07) is 2.33. The van der Waals surface area contributed by atoms with E-state index in [1.165, 1.54) is 6.07 Å². The SMILES string of the molecule is CC(CN(C)C)NCc1ccc(F)c(F)c1F. The van der Waals surface area contributed by atoms with Crippen molar-refractivity contribution in [3.63, 3.8) is 0 Å². The third-order valence-corrected chi connectivity index (χ3v) is 2.40. The second-order valence-corrected chi connectivity index (χ2v) is 4.38. The van der Waals surface area contributed by atoms with Crippen molar-refractivity contribution in [3.05, 3.63) is 35.1 Å². The molecule has 17 heavy (non-hydrogen) atoms. The molecule has 0 saturated carbocycles. The lowest BCUT2D eigenvalue weighted by Gasteiger charge is -2.18. The highest BCUT2D eigenvalue weighted by atomic mass is 19.2. The van der Waals surface area contributed by atoms with Gasteiger partial charge in [-0.15, -0.1) is 0 Å². The third kappa shape index (κ3) is 4.02. The van der Waals surface area contributed by atoms with Crippen molar-refractivity contribution < 1.29 is 13.2 Å². The van der Waals surface area contributed by atoms with E-state index in [-0.39, 0.29) is 18.2 Å². The van der Waals surface area contributed by atoms with Gasteiger partial charge in [0.2, 0.25) is 0 Å². The van der Waals surface area contributed by atoms with E-state index >= 15 is 0 Å². The molecule has 1 N–H and O–H groups in total. The zero-order chi connectivity index (χ0) is 13.0. The number of rotatable bonds is 5. The minimum absolute atomic E-state index is 0.134. The summed E-state index contributed by atoms with van der Waals surface area (Å²) in [7, 11) is 3.85. The lowest BCUT2D eigenvalue weighted by Crippen LogP contribution is -2.35. The van der Waals surface area contributed by atoms with Crippen LogP contribution in [0.5, 0.6) is 0 Å². The Bertz CT molecular complexity index is 380. The van der Waals surface area contributed by atoms with Crippen molar-refractivity contribution >= 4 is 0 Å². The first-order chi connectivity index (χ1) is 7.91. The maximum absolute atomic E-state index is 13.3. The zero-order valence-electron chi connectivity index (χ0n) is 10.2.